The van der Waals surface area contributed by atoms with Crippen LogP contribution in [0.5, 0.6) is 17.2 Å². The molecule has 35 heavy (non-hydrogen) atoms. The standard InChI is InChI=1S/C26H20ClF3N2O3/c1-16-5-3-4-6-18(16)15-32-25(33)24(35-21-13-11-20(34-2)12-14-21)22(27)23(31-32)17-7-9-19(10-8-17)26(28,29)30/h3-14H,15H2,1-2H3. The van der Waals surface area contributed by atoms with E-state index in [1.807, 2.05) is 31.2 Å². The zero-order chi connectivity index (χ0) is 25.2. The monoisotopic (exact) mass is 500 g/mol. The summed E-state index contributed by atoms with van der Waals surface area (Å²) in [7, 11) is 1.52. The van der Waals surface area contributed by atoms with E-state index in [0.29, 0.717) is 17.1 Å². The van der Waals surface area contributed by atoms with Gasteiger partial charge in [0, 0.05) is 5.56 Å². The van der Waals surface area contributed by atoms with E-state index < -0.39 is 17.3 Å². The van der Waals surface area contributed by atoms with Gasteiger partial charge in [0.1, 0.15) is 22.2 Å². The van der Waals surface area contributed by atoms with Crippen molar-refractivity contribution in [3.05, 3.63) is 105 Å². The Morgan fingerprint density at radius 1 is 0.943 bits per heavy atom. The van der Waals surface area contributed by atoms with Crippen LogP contribution in [0.25, 0.3) is 11.3 Å². The number of hydrogen-bond donors (Lipinski definition) is 0. The van der Waals surface area contributed by atoms with Crippen LogP contribution in [0.3, 0.4) is 0 Å². The number of ether oxygens (including phenoxy) is 2. The average Bonchev–Trinajstić information content (AvgIpc) is 2.84. The first-order valence-corrected chi connectivity index (χ1v) is 10.9. The molecule has 4 aromatic rings. The van der Waals surface area contributed by atoms with Gasteiger partial charge in [0.15, 0.2) is 0 Å². The number of hydrogen-bond acceptors (Lipinski definition) is 4. The van der Waals surface area contributed by atoms with Gasteiger partial charge < -0.3 is 9.47 Å². The van der Waals surface area contributed by atoms with Crippen LogP contribution in [-0.4, -0.2) is 16.9 Å². The first-order chi connectivity index (χ1) is 16.7. The molecule has 180 valence electrons. The molecule has 5 nitrogen and oxygen atoms in total. The van der Waals surface area contributed by atoms with Crippen molar-refractivity contribution in [1.82, 2.24) is 9.78 Å². The third-order valence-electron chi connectivity index (χ3n) is 5.40. The number of methoxy groups -OCH3 is 1. The van der Waals surface area contributed by atoms with E-state index in [1.165, 1.54) is 23.9 Å². The molecule has 0 atom stereocenters. The molecule has 0 unspecified atom stereocenters. The smallest absolute Gasteiger partial charge is 0.416 e. The molecule has 0 aliphatic rings. The molecule has 0 aliphatic carbocycles. The first kappa shape index (κ1) is 24.3. The van der Waals surface area contributed by atoms with Crippen molar-refractivity contribution in [3.63, 3.8) is 0 Å². The summed E-state index contributed by atoms with van der Waals surface area (Å²) in [4.78, 5) is 13.3. The SMILES string of the molecule is COc1ccc(Oc2c(Cl)c(-c3ccc(C(F)(F)F)cc3)nn(Cc3ccccc3C)c2=O)cc1. The maximum Gasteiger partial charge on any atom is 0.416 e. The first-order valence-electron chi connectivity index (χ1n) is 10.5. The van der Waals surface area contributed by atoms with E-state index in [1.54, 1.807) is 24.3 Å². The molecule has 3 aromatic carbocycles. The van der Waals surface area contributed by atoms with Crippen molar-refractivity contribution >= 4 is 11.6 Å². The normalized spacial score (nSPS) is 11.4. The lowest BCUT2D eigenvalue weighted by Gasteiger charge is -2.15. The van der Waals surface area contributed by atoms with Gasteiger partial charge >= 0.3 is 11.7 Å². The third-order valence-corrected chi connectivity index (χ3v) is 5.75. The molecule has 0 amide bonds. The van der Waals surface area contributed by atoms with E-state index in [9.17, 15) is 18.0 Å². The molecule has 0 aliphatic heterocycles. The second-order valence-corrected chi connectivity index (χ2v) is 8.11. The van der Waals surface area contributed by atoms with Crippen LogP contribution in [0.1, 0.15) is 16.7 Å². The topological polar surface area (TPSA) is 53.4 Å². The number of nitrogens with zero attached hydrogens (tertiary/aromatic N) is 2. The van der Waals surface area contributed by atoms with Crippen LogP contribution in [-0.2, 0) is 12.7 Å². The van der Waals surface area contributed by atoms with E-state index in [-0.39, 0.29) is 23.0 Å². The van der Waals surface area contributed by atoms with Gasteiger partial charge in [-0.15, -0.1) is 0 Å². The average molecular weight is 501 g/mol. The molecule has 1 aromatic heterocycles. The van der Waals surface area contributed by atoms with Gasteiger partial charge in [-0.25, -0.2) is 4.68 Å². The minimum atomic E-state index is -4.48. The molecular formula is C26H20ClF3N2O3. The molecule has 0 saturated carbocycles. The Labute approximate surface area is 204 Å². The second kappa shape index (κ2) is 9.84. The maximum atomic E-state index is 13.3. The Kier molecular flexibility index (Phi) is 6.84. The largest absolute Gasteiger partial charge is 0.497 e. The number of halogens is 4. The number of rotatable bonds is 6. The third kappa shape index (κ3) is 5.33. The predicted octanol–water partition coefficient (Wildman–Crippen LogP) is 6.74. The summed E-state index contributed by atoms with van der Waals surface area (Å²) in [6.07, 6.45) is -4.48. The molecule has 1 heterocycles. The molecule has 4 rings (SSSR count). The summed E-state index contributed by atoms with van der Waals surface area (Å²) >= 11 is 6.55. The number of benzene rings is 3. The molecule has 0 bridgehead atoms. The van der Waals surface area contributed by atoms with Gasteiger partial charge in [-0.3, -0.25) is 4.79 Å². The van der Waals surface area contributed by atoms with Gasteiger partial charge in [-0.2, -0.15) is 18.3 Å². The summed E-state index contributed by atoms with van der Waals surface area (Å²) in [6.45, 7) is 2.02. The van der Waals surface area contributed by atoms with Gasteiger partial charge in [0.05, 0.1) is 19.2 Å². The Balaban J connectivity index is 1.83. The highest BCUT2D eigenvalue weighted by molar-refractivity contribution is 6.34. The van der Waals surface area contributed by atoms with Crippen molar-refractivity contribution in [1.29, 1.82) is 0 Å². The predicted molar refractivity (Wildman–Crippen MR) is 127 cm³/mol. The van der Waals surface area contributed by atoms with Crippen molar-refractivity contribution in [2.45, 2.75) is 19.6 Å². The molecular weight excluding hydrogens is 481 g/mol. The summed E-state index contributed by atoms with van der Waals surface area (Å²) in [5.41, 5.74) is 0.839. The highest BCUT2D eigenvalue weighted by Crippen LogP contribution is 2.36. The van der Waals surface area contributed by atoms with Gasteiger partial charge in [-0.05, 0) is 54.4 Å². The molecule has 0 fully saturated rings. The zero-order valence-electron chi connectivity index (χ0n) is 18.8. The quantitative estimate of drug-likeness (QED) is 0.294. The summed E-state index contributed by atoms with van der Waals surface area (Å²) in [5, 5.41) is 4.29. The van der Waals surface area contributed by atoms with E-state index in [0.717, 1.165) is 23.3 Å². The fourth-order valence-electron chi connectivity index (χ4n) is 3.44. The maximum absolute atomic E-state index is 13.3. The number of alkyl halides is 3. The van der Waals surface area contributed by atoms with Crippen LogP contribution >= 0.6 is 11.6 Å². The second-order valence-electron chi connectivity index (χ2n) is 7.73. The molecule has 0 N–H and O–H groups in total. The lowest BCUT2D eigenvalue weighted by molar-refractivity contribution is -0.137. The lowest BCUT2D eigenvalue weighted by Crippen LogP contribution is -2.26. The van der Waals surface area contributed by atoms with Crippen LogP contribution in [0.4, 0.5) is 13.2 Å². The van der Waals surface area contributed by atoms with Gasteiger partial charge in [0.25, 0.3) is 0 Å². The van der Waals surface area contributed by atoms with Crippen LogP contribution in [0.15, 0.2) is 77.6 Å². The highest BCUT2D eigenvalue weighted by atomic mass is 35.5. The van der Waals surface area contributed by atoms with Crippen molar-refractivity contribution in [2.75, 3.05) is 7.11 Å². The van der Waals surface area contributed by atoms with Gasteiger partial charge in [-0.1, -0.05) is 48.0 Å². The fraction of sp³-hybridized carbons (Fsp3) is 0.154. The Bertz CT molecular complexity index is 1400. The van der Waals surface area contributed by atoms with Crippen LogP contribution in [0, 0.1) is 6.92 Å². The summed E-state index contributed by atoms with van der Waals surface area (Å²) in [5.74, 6) is 0.743. The Hall–Kier alpha value is -3.78. The zero-order valence-corrected chi connectivity index (χ0v) is 19.5. The molecule has 0 spiro atoms. The minimum absolute atomic E-state index is 0.105. The number of aryl methyl sites for hydroxylation is 1. The number of aromatic nitrogens is 2. The van der Waals surface area contributed by atoms with E-state index in [4.69, 9.17) is 21.1 Å². The summed E-state index contributed by atoms with van der Waals surface area (Å²) in [6, 6.07) is 18.4. The Morgan fingerprint density at radius 3 is 2.17 bits per heavy atom. The minimum Gasteiger partial charge on any atom is -0.497 e. The molecule has 0 saturated heterocycles. The van der Waals surface area contributed by atoms with Crippen LogP contribution in [0.2, 0.25) is 5.02 Å². The molecule has 9 heteroatoms. The van der Waals surface area contributed by atoms with Crippen molar-refractivity contribution in [2.24, 2.45) is 0 Å². The van der Waals surface area contributed by atoms with Crippen LogP contribution < -0.4 is 15.0 Å². The Morgan fingerprint density at radius 2 is 1.57 bits per heavy atom. The highest BCUT2D eigenvalue weighted by Gasteiger charge is 2.30. The lowest BCUT2D eigenvalue weighted by atomic mass is 10.1. The van der Waals surface area contributed by atoms with Gasteiger partial charge in [0.2, 0.25) is 5.75 Å². The van der Waals surface area contributed by atoms with Crippen molar-refractivity contribution < 1.29 is 22.6 Å². The summed E-state index contributed by atoms with van der Waals surface area (Å²) < 4.78 is 51.3. The van der Waals surface area contributed by atoms with E-state index in [2.05, 4.69) is 5.10 Å². The van der Waals surface area contributed by atoms with E-state index >= 15 is 0 Å². The fourth-order valence-corrected chi connectivity index (χ4v) is 3.70. The van der Waals surface area contributed by atoms with Crippen molar-refractivity contribution in [3.8, 4) is 28.5 Å². The molecule has 0 radical (unpaired) electrons.